The van der Waals surface area contributed by atoms with E-state index in [0.717, 1.165) is 29.4 Å². The van der Waals surface area contributed by atoms with E-state index in [-0.39, 0.29) is 0 Å². The Labute approximate surface area is 94.5 Å². The number of halogens is 1. The fraction of sp³-hybridized carbons (Fsp3) is 0.333. The van der Waals surface area contributed by atoms with Crippen LogP contribution in [-0.2, 0) is 11.2 Å². The lowest BCUT2D eigenvalue weighted by Gasteiger charge is -2.09. The summed E-state index contributed by atoms with van der Waals surface area (Å²) < 4.78 is 10.7. The van der Waals surface area contributed by atoms with Gasteiger partial charge in [0.25, 0.3) is 0 Å². The molecule has 0 aromatic heterocycles. The quantitative estimate of drug-likeness (QED) is 0.567. The van der Waals surface area contributed by atoms with Gasteiger partial charge in [0.2, 0.25) is 0 Å². The Bertz CT molecular complexity index is 359. The molecule has 80 valence electrons. The molecular formula is C12H13ClO2. The van der Waals surface area contributed by atoms with Gasteiger partial charge in [0, 0.05) is 11.4 Å². The van der Waals surface area contributed by atoms with Crippen molar-refractivity contribution in [1.29, 1.82) is 0 Å². The smallest absolute Gasteiger partial charge is 0.123 e. The van der Waals surface area contributed by atoms with Crippen molar-refractivity contribution in [2.75, 3.05) is 13.2 Å². The van der Waals surface area contributed by atoms with Crippen LogP contribution in [0.3, 0.4) is 0 Å². The summed E-state index contributed by atoms with van der Waals surface area (Å²) in [6, 6.07) is 5.66. The lowest BCUT2D eigenvalue weighted by Crippen LogP contribution is -2.00. The minimum Gasteiger partial charge on any atom is -0.489 e. The summed E-state index contributed by atoms with van der Waals surface area (Å²) in [7, 11) is 0. The minimum absolute atomic E-state index is 0.342. The summed E-state index contributed by atoms with van der Waals surface area (Å²) in [5, 5.41) is 0.733. The number of rotatable bonds is 5. The van der Waals surface area contributed by atoms with E-state index in [0.29, 0.717) is 12.7 Å². The summed E-state index contributed by atoms with van der Waals surface area (Å²) in [5.41, 5.74) is 1.10. The third-order valence-corrected chi connectivity index (χ3v) is 2.46. The molecule has 1 aliphatic rings. The molecule has 1 atom stereocenters. The third-order valence-electron chi connectivity index (χ3n) is 2.23. The van der Waals surface area contributed by atoms with Gasteiger partial charge in [-0.15, -0.1) is 0 Å². The van der Waals surface area contributed by atoms with Crippen LogP contribution < -0.4 is 4.74 Å². The SMILES string of the molecule is C=CCOc1ccc(Cl)cc1CC1CO1. The van der Waals surface area contributed by atoms with Crippen LogP contribution in [0.15, 0.2) is 30.9 Å². The van der Waals surface area contributed by atoms with E-state index in [1.165, 1.54) is 0 Å². The van der Waals surface area contributed by atoms with Crippen LogP contribution in [0.2, 0.25) is 5.02 Å². The molecule has 1 aromatic carbocycles. The molecule has 0 spiro atoms. The molecule has 0 amide bonds. The maximum Gasteiger partial charge on any atom is 0.123 e. The number of epoxide rings is 1. The van der Waals surface area contributed by atoms with Crippen molar-refractivity contribution in [2.24, 2.45) is 0 Å². The van der Waals surface area contributed by atoms with Gasteiger partial charge in [0.15, 0.2) is 0 Å². The van der Waals surface area contributed by atoms with Crippen LogP contribution in [-0.4, -0.2) is 19.3 Å². The first-order chi connectivity index (χ1) is 7.29. The molecule has 1 fully saturated rings. The van der Waals surface area contributed by atoms with E-state index in [1.54, 1.807) is 6.08 Å². The molecule has 1 unspecified atom stereocenters. The highest BCUT2D eigenvalue weighted by atomic mass is 35.5. The fourth-order valence-electron chi connectivity index (χ4n) is 1.43. The standard InChI is InChI=1S/C12H13ClO2/c1-2-5-14-12-4-3-10(13)6-9(12)7-11-8-15-11/h2-4,6,11H,1,5,7-8H2. The average molecular weight is 225 g/mol. The highest BCUT2D eigenvalue weighted by molar-refractivity contribution is 6.30. The summed E-state index contributed by atoms with van der Waals surface area (Å²) in [6.07, 6.45) is 2.94. The van der Waals surface area contributed by atoms with E-state index in [9.17, 15) is 0 Å². The van der Waals surface area contributed by atoms with E-state index in [2.05, 4.69) is 6.58 Å². The highest BCUT2D eigenvalue weighted by Gasteiger charge is 2.24. The van der Waals surface area contributed by atoms with E-state index >= 15 is 0 Å². The minimum atomic E-state index is 0.342. The van der Waals surface area contributed by atoms with Crippen LogP contribution in [0, 0.1) is 0 Å². The molecule has 0 N–H and O–H groups in total. The summed E-state index contributed by atoms with van der Waals surface area (Å²) >= 11 is 5.94. The molecule has 0 aliphatic carbocycles. The Morgan fingerprint density at radius 2 is 2.40 bits per heavy atom. The second-order valence-electron chi connectivity index (χ2n) is 3.51. The predicted molar refractivity (Wildman–Crippen MR) is 60.6 cm³/mol. The Balaban J connectivity index is 2.13. The molecule has 2 rings (SSSR count). The Morgan fingerprint density at radius 1 is 1.60 bits per heavy atom. The second kappa shape index (κ2) is 4.69. The van der Waals surface area contributed by atoms with Crippen molar-refractivity contribution in [3.63, 3.8) is 0 Å². The zero-order valence-corrected chi connectivity index (χ0v) is 9.17. The molecule has 1 aliphatic heterocycles. The Morgan fingerprint density at radius 3 is 3.07 bits per heavy atom. The van der Waals surface area contributed by atoms with Crippen LogP contribution in [0.25, 0.3) is 0 Å². The molecule has 15 heavy (non-hydrogen) atoms. The predicted octanol–water partition coefficient (Wildman–Crippen LogP) is 2.85. The summed E-state index contributed by atoms with van der Waals surface area (Å²) in [5.74, 6) is 0.870. The molecule has 1 heterocycles. The first kappa shape index (κ1) is 10.5. The van der Waals surface area contributed by atoms with Gasteiger partial charge in [-0.2, -0.15) is 0 Å². The topological polar surface area (TPSA) is 21.8 Å². The van der Waals surface area contributed by atoms with Crippen LogP contribution in [0.1, 0.15) is 5.56 Å². The molecule has 0 radical (unpaired) electrons. The van der Waals surface area contributed by atoms with Gasteiger partial charge < -0.3 is 9.47 Å². The van der Waals surface area contributed by atoms with Crippen molar-refractivity contribution in [2.45, 2.75) is 12.5 Å². The third kappa shape index (κ3) is 2.98. The lowest BCUT2D eigenvalue weighted by atomic mass is 10.1. The lowest BCUT2D eigenvalue weighted by molar-refractivity contribution is 0.354. The van der Waals surface area contributed by atoms with Gasteiger partial charge in [-0.05, 0) is 23.8 Å². The van der Waals surface area contributed by atoms with Crippen molar-refractivity contribution >= 4 is 11.6 Å². The van der Waals surface area contributed by atoms with Crippen molar-refractivity contribution in [3.05, 3.63) is 41.4 Å². The molecular weight excluding hydrogens is 212 g/mol. The largest absolute Gasteiger partial charge is 0.489 e. The van der Waals surface area contributed by atoms with Crippen molar-refractivity contribution in [1.82, 2.24) is 0 Å². The average Bonchev–Trinajstić information content (AvgIpc) is 3.01. The fourth-order valence-corrected chi connectivity index (χ4v) is 1.62. The van der Waals surface area contributed by atoms with Gasteiger partial charge in [-0.25, -0.2) is 0 Å². The highest BCUT2D eigenvalue weighted by Crippen LogP contribution is 2.27. The van der Waals surface area contributed by atoms with Gasteiger partial charge in [0.05, 0.1) is 12.7 Å². The van der Waals surface area contributed by atoms with E-state index < -0.39 is 0 Å². The Kier molecular flexibility index (Phi) is 3.29. The second-order valence-corrected chi connectivity index (χ2v) is 3.95. The Hall–Kier alpha value is -0.990. The first-order valence-corrected chi connectivity index (χ1v) is 5.31. The number of ether oxygens (including phenoxy) is 2. The monoisotopic (exact) mass is 224 g/mol. The van der Waals surface area contributed by atoms with Crippen LogP contribution >= 0.6 is 11.6 Å². The zero-order valence-electron chi connectivity index (χ0n) is 8.41. The van der Waals surface area contributed by atoms with Crippen molar-refractivity contribution < 1.29 is 9.47 Å². The van der Waals surface area contributed by atoms with Crippen molar-refractivity contribution in [3.8, 4) is 5.75 Å². The van der Waals surface area contributed by atoms with Gasteiger partial charge in [0.1, 0.15) is 12.4 Å². The molecule has 0 saturated carbocycles. The number of benzene rings is 1. The molecule has 1 aromatic rings. The van der Waals surface area contributed by atoms with E-state index in [1.807, 2.05) is 18.2 Å². The summed E-state index contributed by atoms with van der Waals surface area (Å²) in [4.78, 5) is 0. The number of hydrogen-bond donors (Lipinski definition) is 0. The van der Waals surface area contributed by atoms with Gasteiger partial charge in [-0.1, -0.05) is 24.3 Å². The first-order valence-electron chi connectivity index (χ1n) is 4.93. The number of hydrogen-bond acceptors (Lipinski definition) is 2. The van der Waals surface area contributed by atoms with E-state index in [4.69, 9.17) is 21.1 Å². The van der Waals surface area contributed by atoms with Gasteiger partial charge >= 0.3 is 0 Å². The van der Waals surface area contributed by atoms with Crippen LogP contribution in [0.5, 0.6) is 5.75 Å². The van der Waals surface area contributed by atoms with Gasteiger partial charge in [-0.3, -0.25) is 0 Å². The van der Waals surface area contributed by atoms with Crippen LogP contribution in [0.4, 0.5) is 0 Å². The molecule has 3 heteroatoms. The maximum absolute atomic E-state index is 5.94. The molecule has 2 nitrogen and oxygen atoms in total. The molecule has 1 saturated heterocycles. The normalized spacial score (nSPS) is 18.6. The zero-order chi connectivity index (χ0) is 10.7. The molecule has 0 bridgehead atoms. The maximum atomic E-state index is 5.94. The summed E-state index contributed by atoms with van der Waals surface area (Å²) in [6.45, 7) is 4.98.